The highest BCUT2D eigenvalue weighted by atomic mass is 32.1. The number of amides is 1. The molecule has 0 radical (unpaired) electrons. The van der Waals surface area contributed by atoms with E-state index in [0.717, 1.165) is 39.7 Å². The number of nitrogens with one attached hydrogen (secondary N) is 1. The number of methoxy groups -OCH3 is 1. The molecular formula is C25H24N2O2S. The van der Waals surface area contributed by atoms with Gasteiger partial charge < -0.3 is 10.1 Å². The predicted octanol–water partition coefficient (Wildman–Crippen LogP) is 5.70. The van der Waals surface area contributed by atoms with E-state index in [2.05, 4.69) is 41.7 Å². The number of rotatable bonds is 5. The van der Waals surface area contributed by atoms with E-state index in [1.165, 1.54) is 29.7 Å². The highest BCUT2D eigenvalue weighted by Gasteiger charge is 2.35. The average molecular weight is 417 g/mol. The second kappa shape index (κ2) is 7.73. The summed E-state index contributed by atoms with van der Waals surface area (Å²) in [4.78, 5) is 19.3. The Labute approximate surface area is 179 Å². The van der Waals surface area contributed by atoms with E-state index < -0.39 is 0 Å². The predicted molar refractivity (Wildman–Crippen MR) is 123 cm³/mol. The first-order valence-electron chi connectivity index (χ1n) is 10.4. The third-order valence-electron chi connectivity index (χ3n) is 6.27. The lowest BCUT2D eigenvalue weighted by Gasteiger charge is -2.30. The molecule has 0 atom stereocenters. The van der Waals surface area contributed by atoms with Crippen LogP contribution in [0.15, 0.2) is 60.7 Å². The van der Waals surface area contributed by atoms with Gasteiger partial charge in [0.05, 0.1) is 17.5 Å². The first-order valence-corrected chi connectivity index (χ1v) is 11.2. The number of hydrogen-bond acceptors (Lipinski definition) is 4. The van der Waals surface area contributed by atoms with E-state index in [1.54, 1.807) is 7.11 Å². The molecule has 0 saturated heterocycles. The minimum absolute atomic E-state index is 0.0122. The molecule has 30 heavy (non-hydrogen) atoms. The summed E-state index contributed by atoms with van der Waals surface area (Å²) in [7, 11) is 1.65. The Kier molecular flexibility index (Phi) is 4.91. The normalized spacial score (nSPS) is 15.5. The molecule has 4 aromatic rings. The van der Waals surface area contributed by atoms with Crippen molar-refractivity contribution in [3.63, 3.8) is 0 Å². The molecule has 1 aliphatic carbocycles. The highest BCUT2D eigenvalue weighted by molar-refractivity contribution is 7.20. The number of fused-ring (bicyclic) bond motifs is 2. The molecule has 1 aliphatic rings. The van der Waals surface area contributed by atoms with Crippen LogP contribution in [0.25, 0.3) is 21.1 Å². The summed E-state index contributed by atoms with van der Waals surface area (Å²) in [5, 5.41) is 5.27. The van der Waals surface area contributed by atoms with Crippen molar-refractivity contribution in [1.82, 2.24) is 10.3 Å². The van der Waals surface area contributed by atoms with Gasteiger partial charge in [0.2, 0.25) is 0 Å². The smallest absolute Gasteiger partial charge is 0.261 e. The fraction of sp³-hybridized carbons (Fsp3) is 0.280. The molecule has 2 heterocycles. The van der Waals surface area contributed by atoms with Crippen LogP contribution in [0, 0.1) is 0 Å². The van der Waals surface area contributed by atoms with Crippen LogP contribution in [0.5, 0.6) is 5.75 Å². The zero-order valence-electron chi connectivity index (χ0n) is 17.0. The molecule has 4 nitrogen and oxygen atoms in total. The number of hydrogen-bond donors (Lipinski definition) is 1. The molecule has 0 unspecified atom stereocenters. The summed E-state index contributed by atoms with van der Waals surface area (Å²) < 4.78 is 5.30. The molecule has 0 spiro atoms. The van der Waals surface area contributed by atoms with Gasteiger partial charge in [0.15, 0.2) is 0 Å². The second-order valence-electron chi connectivity index (χ2n) is 8.09. The molecule has 0 aliphatic heterocycles. The third-order valence-corrected chi connectivity index (χ3v) is 7.31. The number of aromatic nitrogens is 1. The lowest BCUT2D eigenvalue weighted by Crippen LogP contribution is -2.38. The van der Waals surface area contributed by atoms with E-state index in [-0.39, 0.29) is 11.3 Å². The fourth-order valence-electron chi connectivity index (χ4n) is 4.59. The van der Waals surface area contributed by atoms with Gasteiger partial charge in [-0.15, -0.1) is 11.3 Å². The molecule has 0 bridgehead atoms. The average Bonchev–Trinajstić information content (AvgIpc) is 3.43. The van der Waals surface area contributed by atoms with Gasteiger partial charge in [-0.2, -0.15) is 0 Å². The van der Waals surface area contributed by atoms with Crippen LogP contribution in [0.3, 0.4) is 0 Å². The zero-order valence-corrected chi connectivity index (χ0v) is 17.8. The van der Waals surface area contributed by atoms with Crippen LogP contribution in [0.2, 0.25) is 0 Å². The second-order valence-corrected chi connectivity index (χ2v) is 9.12. The summed E-state index contributed by atoms with van der Waals surface area (Å²) in [6.07, 6.45) is 4.68. The standard InChI is InChI=1S/C25H24N2O2S/c1-29-20-10-9-17-13-18-14-22(30-24(18)27-21(17)15-20)23(28)26-16-25(11-5-6-12-25)19-7-3-2-4-8-19/h2-4,7-10,13-15H,5-6,11-12,16H2,1H3,(H,26,28). The van der Waals surface area contributed by atoms with Crippen molar-refractivity contribution in [2.45, 2.75) is 31.1 Å². The molecule has 2 aromatic heterocycles. The number of carbonyl (C=O) groups excluding carboxylic acids is 1. The first kappa shape index (κ1) is 19.1. The van der Waals surface area contributed by atoms with E-state index in [9.17, 15) is 4.79 Å². The van der Waals surface area contributed by atoms with Gasteiger partial charge >= 0.3 is 0 Å². The maximum absolute atomic E-state index is 13.0. The Bertz CT molecular complexity index is 1210. The van der Waals surface area contributed by atoms with Crippen molar-refractivity contribution in [2.75, 3.05) is 13.7 Å². The number of carbonyl (C=O) groups is 1. The molecule has 5 rings (SSSR count). The Morgan fingerprint density at radius 1 is 1.07 bits per heavy atom. The van der Waals surface area contributed by atoms with Crippen LogP contribution in [0.1, 0.15) is 40.9 Å². The van der Waals surface area contributed by atoms with Gasteiger partial charge in [-0.3, -0.25) is 4.79 Å². The van der Waals surface area contributed by atoms with E-state index in [1.807, 2.05) is 24.3 Å². The summed E-state index contributed by atoms with van der Waals surface area (Å²) in [5.41, 5.74) is 2.27. The largest absolute Gasteiger partial charge is 0.497 e. The first-order chi connectivity index (χ1) is 14.7. The zero-order chi connectivity index (χ0) is 20.6. The Morgan fingerprint density at radius 2 is 1.87 bits per heavy atom. The van der Waals surface area contributed by atoms with E-state index in [0.29, 0.717) is 11.4 Å². The molecule has 5 heteroatoms. The van der Waals surface area contributed by atoms with Gasteiger partial charge in [0, 0.05) is 28.8 Å². The Hall–Kier alpha value is -2.92. The fourth-order valence-corrected chi connectivity index (χ4v) is 5.53. The van der Waals surface area contributed by atoms with Gasteiger partial charge in [-0.25, -0.2) is 4.98 Å². The minimum atomic E-state index is -0.0122. The molecule has 152 valence electrons. The number of thiophene rings is 1. The monoisotopic (exact) mass is 416 g/mol. The van der Waals surface area contributed by atoms with Crippen LogP contribution in [-0.2, 0) is 5.41 Å². The summed E-state index contributed by atoms with van der Waals surface area (Å²) in [6.45, 7) is 0.677. The maximum atomic E-state index is 13.0. The lowest BCUT2D eigenvalue weighted by molar-refractivity contribution is 0.0947. The minimum Gasteiger partial charge on any atom is -0.497 e. The Morgan fingerprint density at radius 3 is 2.63 bits per heavy atom. The summed E-state index contributed by atoms with van der Waals surface area (Å²) in [5.74, 6) is 0.772. The van der Waals surface area contributed by atoms with Crippen LogP contribution in [-0.4, -0.2) is 24.5 Å². The van der Waals surface area contributed by atoms with Gasteiger partial charge in [-0.05, 0) is 42.7 Å². The number of nitrogens with zero attached hydrogens (tertiary/aromatic N) is 1. The maximum Gasteiger partial charge on any atom is 0.261 e. The quantitative estimate of drug-likeness (QED) is 0.454. The van der Waals surface area contributed by atoms with E-state index >= 15 is 0 Å². The number of benzene rings is 2. The van der Waals surface area contributed by atoms with Crippen molar-refractivity contribution in [3.8, 4) is 5.75 Å². The highest BCUT2D eigenvalue weighted by Crippen LogP contribution is 2.40. The van der Waals surface area contributed by atoms with Crippen LogP contribution >= 0.6 is 11.3 Å². The number of ether oxygens (including phenoxy) is 1. The van der Waals surface area contributed by atoms with Gasteiger partial charge in [0.25, 0.3) is 5.91 Å². The SMILES string of the molecule is COc1ccc2cc3cc(C(=O)NCC4(c5ccccc5)CCCC4)sc3nc2c1. The molecule has 1 amide bonds. The summed E-state index contributed by atoms with van der Waals surface area (Å²) in [6, 6.07) is 20.5. The third kappa shape index (κ3) is 3.43. The van der Waals surface area contributed by atoms with Crippen molar-refractivity contribution in [3.05, 3.63) is 71.1 Å². The van der Waals surface area contributed by atoms with Crippen molar-refractivity contribution in [2.24, 2.45) is 0 Å². The molecular weight excluding hydrogens is 392 g/mol. The van der Waals surface area contributed by atoms with E-state index in [4.69, 9.17) is 9.72 Å². The number of pyridine rings is 1. The molecule has 1 N–H and O–H groups in total. The van der Waals surface area contributed by atoms with Gasteiger partial charge in [0.1, 0.15) is 10.6 Å². The molecule has 1 saturated carbocycles. The van der Waals surface area contributed by atoms with Crippen LogP contribution in [0.4, 0.5) is 0 Å². The van der Waals surface area contributed by atoms with Crippen molar-refractivity contribution in [1.29, 1.82) is 0 Å². The van der Waals surface area contributed by atoms with Crippen LogP contribution < -0.4 is 10.1 Å². The van der Waals surface area contributed by atoms with Crippen molar-refractivity contribution >= 4 is 38.4 Å². The molecule has 2 aromatic carbocycles. The lowest BCUT2D eigenvalue weighted by atomic mass is 9.79. The summed E-state index contributed by atoms with van der Waals surface area (Å²) >= 11 is 1.45. The Balaban J connectivity index is 1.39. The molecule has 1 fully saturated rings. The topological polar surface area (TPSA) is 51.2 Å². The van der Waals surface area contributed by atoms with Crippen molar-refractivity contribution < 1.29 is 9.53 Å². The van der Waals surface area contributed by atoms with Gasteiger partial charge in [-0.1, -0.05) is 43.2 Å².